The smallest absolute Gasteiger partial charge is 0.223 e. The number of benzene rings is 2. The Morgan fingerprint density at radius 2 is 1.77 bits per heavy atom. The van der Waals surface area contributed by atoms with Crippen LogP contribution in [0.5, 0.6) is 0 Å². The number of rotatable bonds is 6. The number of para-hydroxylation sites is 1. The van der Waals surface area contributed by atoms with Crippen molar-refractivity contribution in [3.8, 4) is 0 Å². The maximum absolute atomic E-state index is 12.3. The molecule has 0 spiro atoms. The molecule has 1 aliphatic heterocycles. The minimum Gasteiger partial charge on any atom is -0.354 e. The maximum Gasteiger partial charge on any atom is 0.223 e. The van der Waals surface area contributed by atoms with Gasteiger partial charge in [-0.3, -0.25) is 9.69 Å². The third-order valence-corrected chi connectivity index (χ3v) is 6.18. The van der Waals surface area contributed by atoms with Gasteiger partial charge < -0.3 is 9.88 Å². The first-order chi connectivity index (χ1) is 14.5. The largest absolute Gasteiger partial charge is 0.354 e. The van der Waals surface area contributed by atoms with E-state index in [1.165, 1.54) is 22.2 Å². The number of carbonyl (C=O) groups is 1. The summed E-state index contributed by atoms with van der Waals surface area (Å²) in [6.45, 7) is 7.68. The molecule has 0 bridgehead atoms. The van der Waals surface area contributed by atoms with Crippen LogP contribution in [0.15, 0.2) is 54.6 Å². The molecule has 1 fully saturated rings. The lowest BCUT2D eigenvalue weighted by molar-refractivity contribution is -0.127. The topological polar surface area (TPSA) is 37.3 Å². The van der Waals surface area contributed by atoms with Crippen LogP contribution < -0.4 is 5.32 Å². The molecule has 1 saturated heterocycles. The fourth-order valence-electron chi connectivity index (χ4n) is 4.34. The number of amides is 1. The van der Waals surface area contributed by atoms with E-state index in [1.54, 1.807) is 0 Å². The van der Waals surface area contributed by atoms with Gasteiger partial charge in [-0.05, 0) is 75.0 Å². The van der Waals surface area contributed by atoms with Crippen LogP contribution in [-0.4, -0.2) is 34.5 Å². The van der Waals surface area contributed by atoms with Crippen molar-refractivity contribution in [1.82, 2.24) is 14.8 Å². The molecule has 30 heavy (non-hydrogen) atoms. The predicted molar refractivity (Wildman–Crippen MR) is 124 cm³/mol. The first kappa shape index (κ1) is 21.0. The maximum atomic E-state index is 12.3. The molecule has 2 aromatic carbocycles. The van der Waals surface area contributed by atoms with E-state index in [2.05, 4.69) is 57.2 Å². The van der Waals surface area contributed by atoms with Gasteiger partial charge in [0.2, 0.25) is 5.91 Å². The van der Waals surface area contributed by atoms with Crippen molar-refractivity contribution < 1.29 is 4.79 Å². The third kappa shape index (κ3) is 4.88. The Bertz CT molecular complexity index is 1000. The van der Waals surface area contributed by atoms with Crippen LogP contribution in [0.1, 0.15) is 37.9 Å². The Morgan fingerprint density at radius 1 is 1.07 bits per heavy atom. The molecule has 1 amide bonds. The van der Waals surface area contributed by atoms with Crippen molar-refractivity contribution in [1.29, 1.82) is 0 Å². The normalized spacial score (nSPS) is 15.7. The number of hydrogen-bond acceptors (Lipinski definition) is 2. The van der Waals surface area contributed by atoms with E-state index in [-0.39, 0.29) is 17.9 Å². The van der Waals surface area contributed by atoms with Gasteiger partial charge in [0.15, 0.2) is 0 Å². The zero-order valence-corrected chi connectivity index (χ0v) is 18.5. The SMILES string of the molecule is CC(C)NC(=O)C1CCN(Cc2cc3ccccc3n2Cc2ccc(Cl)cc2)CC1. The Balaban J connectivity index is 1.49. The Kier molecular flexibility index (Phi) is 6.45. The highest BCUT2D eigenvalue weighted by molar-refractivity contribution is 6.30. The summed E-state index contributed by atoms with van der Waals surface area (Å²) in [4.78, 5) is 14.8. The first-order valence-electron chi connectivity index (χ1n) is 10.8. The van der Waals surface area contributed by atoms with Gasteiger partial charge in [0.05, 0.1) is 0 Å². The number of aromatic nitrogens is 1. The van der Waals surface area contributed by atoms with E-state index in [4.69, 9.17) is 11.6 Å². The molecule has 4 rings (SSSR count). The van der Waals surface area contributed by atoms with E-state index < -0.39 is 0 Å². The number of nitrogens with zero attached hydrogens (tertiary/aromatic N) is 2. The molecule has 0 radical (unpaired) electrons. The van der Waals surface area contributed by atoms with Gasteiger partial charge in [0.1, 0.15) is 0 Å². The van der Waals surface area contributed by atoms with Crippen molar-refractivity contribution in [3.05, 3.63) is 70.9 Å². The molecule has 0 saturated carbocycles. The van der Waals surface area contributed by atoms with Gasteiger partial charge >= 0.3 is 0 Å². The predicted octanol–water partition coefficient (Wildman–Crippen LogP) is 5.08. The van der Waals surface area contributed by atoms with Crippen molar-refractivity contribution in [2.75, 3.05) is 13.1 Å². The minimum absolute atomic E-state index is 0.142. The molecule has 0 atom stereocenters. The fourth-order valence-corrected chi connectivity index (χ4v) is 4.47. The van der Waals surface area contributed by atoms with Gasteiger partial charge in [-0.15, -0.1) is 0 Å². The van der Waals surface area contributed by atoms with Crippen LogP contribution >= 0.6 is 11.6 Å². The number of halogens is 1. The second-order valence-electron chi connectivity index (χ2n) is 8.62. The van der Waals surface area contributed by atoms with Gasteiger partial charge in [0.25, 0.3) is 0 Å². The summed E-state index contributed by atoms with van der Waals surface area (Å²) in [5, 5.41) is 5.10. The Morgan fingerprint density at radius 3 is 2.47 bits per heavy atom. The number of fused-ring (bicyclic) bond motifs is 1. The van der Waals surface area contributed by atoms with Crippen LogP contribution in [0, 0.1) is 5.92 Å². The average molecular weight is 424 g/mol. The molecular weight excluding hydrogens is 394 g/mol. The zero-order chi connectivity index (χ0) is 21.1. The molecule has 3 aromatic rings. The summed E-state index contributed by atoms with van der Waals surface area (Å²) in [5.41, 5.74) is 3.82. The summed E-state index contributed by atoms with van der Waals surface area (Å²) in [5.74, 6) is 0.352. The van der Waals surface area contributed by atoms with E-state index in [1.807, 2.05) is 26.0 Å². The van der Waals surface area contributed by atoms with Crippen LogP contribution in [-0.2, 0) is 17.9 Å². The summed E-state index contributed by atoms with van der Waals surface area (Å²) in [7, 11) is 0. The Hall–Kier alpha value is -2.30. The van der Waals surface area contributed by atoms with Gasteiger partial charge in [-0.2, -0.15) is 0 Å². The summed E-state index contributed by atoms with van der Waals surface area (Å²) in [6.07, 6.45) is 1.85. The number of carbonyl (C=O) groups excluding carboxylic acids is 1. The lowest BCUT2D eigenvalue weighted by Crippen LogP contribution is -2.42. The summed E-state index contributed by atoms with van der Waals surface area (Å²) in [6, 6.07) is 19.2. The molecule has 1 aliphatic rings. The number of piperidine rings is 1. The van der Waals surface area contributed by atoms with Crippen molar-refractivity contribution >= 4 is 28.4 Å². The highest BCUT2D eigenvalue weighted by atomic mass is 35.5. The second kappa shape index (κ2) is 9.23. The van der Waals surface area contributed by atoms with E-state index >= 15 is 0 Å². The van der Waals surface area contributed by atoms with Gasteiger partial charge in [-0.1, -0.05) is 41.9 Å². The van der Waals surface area contributed by atoms with Gasteiger partial charge in [0, 0.05) is 41.3 Å². The minimum atomic E-state index is 0.142. The van der Waals surface area contributed by atoms with Crippen LogP contribution in [0.25, 0.3) is 10.9 Å². The molecular formula is C25H30ClN3O. The molecule has 4 nitrogen and oxygen atoms in total. The lowest BCUT2D eigenvalue weighted by atomic mass is 9.95. The molecule has 0 unspecified atom stereocenters. The average Bonchev–Trinajstić information content (AvgIpc) is 3.07. The standard InChI is InChI=1S/C25H30ClN3O/c1-18(2)27-25(30)20-11-13-28(14-12-20)17-23-15-21-5-3-4-6-24(21)29(23)16-19-7-9-22(26)10-8-19/h3-10,15,18,20H,11-14,16-17H2,1-2H3,(H,27,30). The Labute approximate surface area is 183 Å². The van der Waals surface area contributed by atoms with Crippen molar-refractivity contribution in [3.63, 3.8) is 0 Å². The number of hydrogen-bond donors (Lipinski definition) is 1. The lowest BCUT2D eigenvalue weighted by Gasteiger charge is -2.32. The number of likely N-dealkylation sites (tertiary alicyclic amines) is 1. The van der Waals surface area contributed by atoms with Crippen molar-refractivity contribution in [2.45, 2.75) is 45.8 Å². The van der Waals surface area contributed by atoms with Crippen LogP contribution in [0.3, 0.4) is 0 Å². The molecule has 5 heteroatoms. The monoisotopic (exact) mass is 423 g/mol. The van der Waals surface area contributed by atoms with Crippen LogP contribution in [0.4, 0.5) is 0 Å². The molecule has 158 valence electrons. The highest BCUT2D eigenvalue weighted by Gasteiger charge is 2.26. The molecule has 1 N–H and O–H groups in total. The molecule has 0 aliphatic carbocycles. The summed E-state index contributed by atoms with van der Waals surface area (Å²) < 4.78 is 2.41. The highest BCUT2D eigenvalue weighted by Crippen LogP contribution is 2.25. The number of nitrogens with one attached hydrogen (secondary N) is 1. The fraction of sp³-hybridized carbons (Fsp3) is 0.400. The molecule has 1 aromatic heterocycles. The van der Waals surface area contributed by atoms with Gasteiger partial charge in [-0.25, -0.2) is 0 Å². The van der Waals surface area contributed by atoms with E-state index in [9.17, 15) is 4.79 Å². The summed E-state index contributed by atoms with van der Waals surface area (Å²) >= 11 is 6.07. The van der Waals surface area contributed by atoms with Crippen LogP contribution in [0.2, 0.25) is 5.02 Å². The molecule has 2 heterocycles. The van der Waals surface area contributed by atoms with E-state index in [0.29, 0.717) is 0 Å². The van der Waals surface area contributed by atoms with E-state index in [0.717, 1.165) is 44.0 Å². The third-order valence-electron chi connectivity index (χ3n) is 5.93. The second-order valence-corrected chi connectivity index (χ2v) is 9.06. The quantitative estimate of drug-likeness (QED) is 0.600. The first-order valence-corrected chi connectivity index (χ1v) is 11.2. The zero-order valence-electron chi connectivity index (χ0n) is 17.8. The van der Waals surface area contributed by atoms with Crippen molar-refractivity contribution in [2.24, 2.45) is 5.92 Å².